The fourth-order valence-electron chi connectivity index (χ4n) is 5.62. The van der Waals surface area contributed by atoms with Crippen LogP contribution in [0.2, 0.25) is 0 Å². The third kappa shape index (κ3) is 7.55. The van der Waals surface area contributed by atoms with E-state index in [1.54, 1.807) is 0 Å². The highest BCUT2D eigenvalue weighted by Crippen LogP contribution is 2.43. The molecule has 3 heterocycles. The molecule has 3 aliphatic heterocycles. The summed E-state index contributed by atoms with van der Waals surface area (Å²) in [7, 11) is -0.234. The maximum Gasteiger partial charge on any atom is 0.490 e. The molecule has 1 aliphatic carbocycles. The topological polar surface area (TPSA) is 55.4 Å². The lowest BCUT2D eigenvalue weighted by Gasteiger charge is -2.37. The largest absolute Gasteiger partial charge is 0.490 e. The van der Waals surface area contributed by atoms with Gasteiger partial charge in [0.1, 0.15) is 0 Å². The van der Waals surface area contributed by atoms with Crippen molar-refractivity contribution in [1.82, 2.24) is 0 Å². The first-order valence-corrected chi connectivity index (χ1v) is 14.1. The highest BCUT2D eigenvalue weighted by Gasteiger charge is 2.53. The number of hydrogen-bond donors (Lipinski definition) is 0. The molecule has 0 aromatic heterocycles. The normalized spacial score (nSPS) is 27.2. The molecule has 7 heteroatoms. The number of hydrogen-bond acceptors (Lipinski definition) is 6. The molecule has 35 heavy (non-hydrogen) atoms. The van der Waals surface area contributed by atoms with Crippen molar-refractivity contribution in [3.8, 4) is 0 Å². The maximum atomic E-state index is 6.33. The van der Waals surface area contributed by atoms with Crippen molar-refractivity contribution in [1.29, 1.82) is 0 Å². The zero-order valence-corrected chi connectivity index (χ0v) is 22.8. The minimum atomic E-state index is -0.298. The van der Waals surface area contributed by atoms with Crippen LogP contribution < -0.4 is 0 Å². The lowest BCUT2D eigenvalue weighted by atomic mass is 9.66. The van der Waals surface area contributed by atoms with Crippen LogP contribution in [0.15, 0.2) is 11.5 Å². The summed E-state index contributed by atoms with van der Waals surface area (Å²) in [5.74, 6) is 1.49. The summed E-state index contributed by atoms with van der Waals surface area (Å²) in [6, 6.07) is 0. The van der Waals surface area contributed by atoms with E-state index in [0.29, 0.717) is 0 Å². The van der Waals surface area contributed by atoms with E-state index in [2.05, 4.69) is 33.8 Å². The predicted molar refractivity (Wildman–Crippen MR) is 138 cm³/mol. The van der Waals surface area contributed by atoms with Crippen molar-refractivity contribution in [2.24, 2.45) is 17.3 Å². The Labute approximate surface area is 213 Å². The van der Waals surface area contributed by atoms with Crippen molar-refractivity contribution in [3.05, 3.63) is 11.5 Å². The minimum absolute atomic E-state index is 0.0402. The van der Waals surface area contributed by atoms with Crippen molar-refractivity contribution in [2.45, 2.75) is 96.7 Å². The standard InChI is InChI=1S/C28H49BO6/c1-26(2)27(3,4)35-29(34-26)25-5-13-28(14-6-25,21-32-19-11-23-7-15-30-16-8-23)22-33-20-12-24-9-17-31-18-10-24/h5,23-24H,6-22H2,1-4H3. The third-order valence-electron chi connectivity index (χ3n) is 9.14. The highest BCUT2D eigenvalue weighted by molar-refractivity contribution is 6.54. The van der Waals surface area contributed by atoms with Crippen molar-refractivity contribution in [3.63, 3.8) is 0 Å². The van der Waals surface area contributed by atoms with Gasteiger partial charge in [-0.3, -0.25) is 0 Å². The molecule has 6 nitrogen and oxygen atoms in total. The molecule has 3 fully saturated rings. The Morgan fingerprint density at radius 2 is 1.29 bits per heavy atom. The van der Waals surface area contributed by atoms with Crippen LogP contribution >= 0.6 is 0 Å². The van der Waals surface area contributed by atoms with Gasteiger partial charge in [-0.05, 0) is 103 Å². The number of rotatable bonds is 11. The summed E-state index contributed by atoms with van der Waals surface area (Å²) < 4.78 is 36.3. The van der Waals surface area contributed by atoms with E-state index in [1.807, 2.05) is 0 Å². The van der Waals surface area contributed by atoms with Gasteiger partial charge in [0.2, 0.25) is 0 Å². The third-order valence-corrected chi connectivity index (χ3v) is 9.14. The van der Waals surface area contributed by atoms with Gasteiger partial charge in [0.25, 0.3) is 0 Å². The summed E-state index contributed by atoms with van der Waals surface area (Å²) in [6.07, 6.45) is 12.3. The van der Waals surface area contributed by atoms with Crippen LogP contribution in [0.25, 0.3) is 0 Å². The Morgan fingerprint density at radius 1 is 0.800 bits per heavy atom. The second-order valence-corrected chi connectivity index (χ2v) is 12.4. The average molecular weight is 493 g/mol. The zero-order chi connectivity index (χ0) is 24.8. The lowest BCUT2D eigenvalue weighted by Crippen LogP contribution is -2.41. The van der Waals surface area contributed by atoms with Gasteiger partial charge in [-0.2, -0.15) is 0 Å². The Morgan fingerprint density at radius 3 is 1.71 bits per heavy atom. The smallest absolute Gasteiger partial charge is 0.400 e. The van der Waals surface area contributed by atoms with Crippen LogP contribution in [0.5, 0.6) is 0 Å². The number of allylic oxidation sites excluding steroid dienone is 2. The molecule has 3 saturated heterocycles. The molecule has 0 N–H and O–H groups in total. The summed E-state index contributed by atoms with van der Waals surface area (Å²) >= 11 is 0. The number of ether oxygens (including phenoxy) is 4. The average Bonchev–Trinajstić information content (AvgIpc) is 3.08. The van der Waals surface area contributed by atoms with Gasteiger partial charge in [-0.15, -0.1) is 0 Å². The van der Waals surface area contributed by atoms with Crippen LogP contribution in [-0.2, 0) is 28.3 Å². The van der Waals surface area contributed by atoms with Gasteiger partial charge in [0, 0.05) is 45.1 Å². The second kappa shape index (κ2) is 12.4. The van der Waals surface area contributed by atoms with Crippen LogP contribution in [0, 0.1) is 17.3 Å². The van der Waals surface area contributed by atoms with Crippen molar-refractivity contribution in [2.75, 3.05) is 52.9 Å². The van der Waals surface area contributed by atoms with Gasteiger partial charge >= 0.3 is 7.12 Å². The molecule has 0 spiro atoms. The quantitative estimate of drug-likeness (QED) is 0.285. The van der Waals surface area contributed by atoms with Gasteiger partial charge in [0.15, 0.2) is 0 Å². The van der Waals surface area contributed by atoms with E-state index in [9.17, 15) is 0 Å². The molecule has 200 valence electrons. The Hall–Kier alpha value is -0.435. The van der Waals surface area contributed by atoms with Gasteiger partial charge in [-0.1, -0.05) is 6.08 Å². The Balaban J connectivity index is 1.29. The fourth-order valence-corrected chi connectivity index (χ4v) is 5.62. The SMILES string of the molecule is CC1(C)OB(C2=CCC(COCCC3CCOCC3)(COCCC3CCOCC3)CC2)OC1(C)C. The molecular formula is C28H49BO6. The molecule has 0 radical (unpaired) electrons. The summed E-state index contributed by atoms with van der Waals surface area (Å²) in [6.45, 7) is 15.3. The molecule has 0 aromatic carbocycles. The van der Waals surface area contributed by atoms with E-state index in [0.717, 1.165) is 96.8 Å². The molecule has 0 aromatic rings. The van der Waals surface area contributed by atoms with Crippen LogP contribution in [0.3, 0.4) is 0 Å². The second-order valence-electron chi connectivity index (χ2n) is 12.4. The minimum Gasteiger partial charge on any atom is -0.400 e. The van der Waals surface area contributed by atoms with E-state index in [-0.39, 0.29) is 23.7 Å². The summed E-state index contributed by atoms with van der Waals surface area (Å²) in [4.78, 5) is 0. The van der Waals surface area contributed by atoms with Crippen LogP contribution in [0.1, 0.15) is 85.5 Å². The zero-order valence-electron chi connectivity index (χ0n) is 22.8. The van der Waals surface area contributed by atoms with Crippen LogP contribution in [0.4, 0.5) is 0 Å². The van der Waals surface area contributed by atoms with Gasteiger partial charge in [-0.25, -0.2) is 0 Å². The summed E-state index contributed by atoms with van der Waals surface area (Å²) in [5.41, 5.74) is 0.725. The molecule has 4 rings (SSSR count). The Kier molecular flexibility index (Phi) is 9.78. The molecule has 0 saturated carbocycles. The van der Waals surface area contributed by atoms with Crippen LogP contribution in [-0.4, -0.2) is 71.2 Å². The molecule has 0 amide bonds. The van der Waals surface area contributed by atoms with Crippen molar-refractivity contribution < 1.29 is 28.3 Å². The maximum absolute atomic E-state index is 6.33. The van der Waals surface area contributed by atoms with Crippen molar-refractivity contribution >= 4 is 7.12 Å². The predicted octanol–water partition coefficient (Wildman–Crippen LogP) is 5.38. The van der Waals surface area contributed by atoms with E-state index < -0.39 is 0 Å². The summed E-state index contributed by atoms with van der Waals surface area (Å²) in [5, 5.41) is 0. The molecular weight excluding hydrogens is 443 g/mol. The molecule has 0 bridgehead atoms. The first-order chi connectivity index (χ1) is 16.8. The monoisotopic (exact) mass is 492 g/mol. The van der Waals surface area contributed by atoms with Gasteiger partial charge in [0.05, 0.1) is 24.4 Å². The molecule has 0 unspecified atom stereocenters. The first kappa shape index (κ1) is 27.6. The highest BCUT2D eigenvalue weighted by atomic mass is 16.7. The Bertz CT molecular complexity index is 639. The van der Waals surface area contributed by atoms with E-state index in [1.165, 1.54) is 31.2 Å². The van der Waals surface area contributed by atoms with Gasteiger partial charge < -0.3 is 28.3 Å². The lowest BCUT2D eigenvalue weighted by molar-refractivity contribution is -0.0383. The fraction of sp³-hybridized carbons (Fsp3) is 0.929. The first-order valence-electron chi connectivity index (χ1n) is 14.1. The van der Waals surface area contributed by atoms with E-state index >= 15 is 0 Å². The van der Waals surface area contributed by atoms with E-state index in [4.69, 9.17) is 28.3 Å². The molecule has 4 aliphatic rings. The molecule has 0 atom stereocenters.